The van der Waals surface area contributed by atoms with E-state index in [9.17, 15) is 4.79 Å². The van der Waals surface area contributed by atoms with Crippen molar-refractivity contribution in [1.82, 2.24) is 5.32 Å². The van der Waals surface area contributed by atoms with Gasteiger partial charge >= 0.3 is 5.97 Å². The summed E-state index contributed by atoms with van der Waals surface area (Å²) in [5.41, 5.74) is 1.74. The molecule has 2 aromatic rings. The first-order valence-electron chi connectivity index (χ1n) is 8.48. The largest absolute Gasteiger partial charge is 0.465 e. The standard InChI is InChI=1S/C19H22N2O2S2/c1-23-18(22)16-12-15(11-13-7-3-2-4-8-13)25-17(16)21-19(24)20-14-9-5-6-10-14/h2-4,7-8,12,14H,5-6,9-11H2,1H3,(H2,20,21,24). The van der Waals surface area contributed by atoms with Crippen molar-refractivity contribution in [3.63, 3.8) is 0 Å². The van der Waals surface area contributed by atoms with Crippen LogP contribution in [0.2, 0.25) is 0 Å². The lowest BCUT2D eigenvalue weighted by molar-refractivity contribution is 0.0602. The highest BCUT2D eigenvalue weighted by molar-refractivity contribution is 7.80. The van der Waals surface area contributed by atoms with Crippen molar-refractivity contribution in [3.05, 3.63) is 52.4 Å². The van der Waals surface area contributed by atoms with Crippen LogP contribution in [0.25, 0.3) is 0 Å². The highest BCUT2D eigenvalue weighted by Gasteiger charge is 2.20. The molecule has 1 aromatic carbocycles. The molecule has 2 N–H and O–H groups in total. The Hall–Kier alpha value is -1.92. The van der Waals surface area contributed by atoms with Crippen LogP contribution in [0.5, 0.6) is 0 Å². The van der Waals surface area contributed by atoms with Gasteiger partial charge in [0.25, 0.3) is 0 Å². The minimum atomic E-state index is -0.346. The fourth-order valence-electron chi connectivity index (χ4n) is 3.08. The Labute approximate surface area is 157 Å². The molecular formula is C19H22N2O2S2. The maximum atomic E-state index is 12.1. The number of methoxy groups -OCH3 is 1. The van der Waals surface area contributed by atoms with Gasteiger partial charge in [-0.05, 0) is 36.7 Å². The topological polar surface area (TPSA) is 50.4 Å². The Morgan fingerprint density at radius 1 is 1.28 bits per heavy atom. The minimum Gasteiger partial charge on any atom is -0.465 e. The Balaban J connectivity index is 1.74. The second-order valence-corrected chi connectivity index (χ2v) is 7.73. The smallest absolute Gasteiger partial charge is 0.340 e. The number of nitrogens with one attached hydrogen (secondary N) is 2. The number of thiocarbonyl (C=S) groups is 1. The van der Waals surface area contributed by atoms with E-state index in [1.807, 2.05) is 24.3 Å². The molecule has 1 heterocycles. The molecule has 1 aliphatic carbocycles. The van der Waals surface area contributed by atoms with Crippen LogP contribution in [0.4, 0.5) is 5.00 Å². The lowest BCUT2D eigenvalue weighted by Gasteiger charge is -2.15. The van der Waals surface area contributed by atoms with Crippen molar-refractivity contribution in [2.45, 2.75) is 38.1 Å². The molecule has 0 amide bonds. The Kier molecular flexibility index (Phi) is 6.04. The van der Waals surface area contributed by atoms with E-state index in [4.69, 9.17) is 17.0 Å². The van der Waals surface area contributed by atoms with Crippen LogP contribution in [0.3, 0.4) is 0 Å². The Morgan fingerprint density at radius 3 is 2.68 bits per heavy atom. The number of anilines is 1. The zero-order chi connectivity index (χ0) is 17.6. The van der Waals surface area contributed by atoms with Gasteiger partial charge in [0, 0.05) is 17.3 Å². The van der Waals surface area contributed by atoms with Gasteiger partial charge in [-0.3, -0.25) is 0 Å². The maximum Gasteiger partial charge on any atom is 0.340 e. The summed E-state index contributed by atoms with van der Waals surface area (Å²) in [5.74, 6) is -0.346. The third-order valence-electron chi connectivity index (χ3n) is 4.33. The van der Waals surface area contributed by atoms with E-state index >= 15 is 0 Å². The van der Waals surface area contributed by atoms with Crippen molar-refractivity contribution < 1.29 is 9.53 Å². The van der Waals surface area contributed by atoms with Crippen molar-refractivity contribution in [3.8, 4) is 0 Å². The fraction of sp³-hybridized carbons (Fsp3) is 0.368. The van der Waals surface area contributed by atoms with Crippen molar-refractivity contribution >= 4 is 39.6 Å². The van der Waals surface area contributed by atoms with E-state index in [-0.39, 0.29) is 5.97 Å². The van der Waals surface area contributed by atoms with Crippen molar-refractivity contribution in [1.29, 1.82) is 0 Å². The summed E-state index contributed by atoms with van der Waals surface area (Å²) in [5, 5.41) is 7.86. The van der Waals surface area contributed by atoms with Crippen LogP contribution in [0.15, 0.2) is 36.4 Å². The predicted molar refractivity (Wildman–Crippen MR) is 107 cm³/mol. The molecule has 1 aromatic heterocycles. The van der Waals surface area contributed by atoms with Gasteiger partial charge in [-0.25, -0.2) is 4.79 Å². The molecule has 1 saturated carbocycles. The van der Waals surface area contributed by atoms with E-state index in [1.165, 1.54) is 25.5 Å². The van der Waals surface area contributed by atoms with E-state index in [2.05, 4.69) is 22.8 Å². The molecule has 0 atom stereocenters. The number of thiophene rings is 1. The summed E-state index contributed by atoms with van der Waals surface area (Å²) in [6, 6.07) is 12.5. The first kappa shape index (κ1) is 17.9. The number of carbonyl (C=O) groups excluding carboxylic acids is 1. The molecule has 0 bridgehead atoms. The van der Waals surface area contributed by atoms with Crippen LogP contribution in [0.1, 0.15) is 46.5 Å². The minimum absolute atomic E-state index is 0.346. The number of ether oxygens (including phenoxy) is 1. The number of hydrogen-bond donors (Lipinski definition) is 2. The predicted octanol–water partition coefficient (Wildman–Crippen LogP) is 4.35. The number of esters is 1. The van der Waals surface area contributed by atoms with E-state index in [0.717, 1.165) is 29.1 Å². The Bertz CT molecular complexity index is 737. The third-order valence-corrected chi connectivity index (χ3v) is 5.60. The summed E-state index contributed by atoms with van der Waals surface area (Å²) in [7, 11) is 1.40. The normalized spacial score (nSPS) is 14.3. The highest BCUT2D eigenvalue weighted by Crippen LogP contribution is 2.30. The molecule has 1 fully saturated rings. The summed E-state index contributed by atoms with van der Waals surface area (Å²) < 4.78 is 4.92. The zero-order valence-electron chi connectivity index (χ0n) is 14.2. The Morgan fingerprint density at radius 2 is 2.00 bits per heavy atom. The molecule has 0 radical (unpaired) electrons. The van der Waals surface area contributed by atoms with Gasteiger partial charge < -0.3 is 15.4 Å². The molecule has 25 heavy (non-hydrogen) atoms. The maximum absolute atomic E-state index is 12.1. The van der Waals surface area contributed by atoms with E-state index < -0.39 is 0 Å². The van der Waals surface area contributed by atoms with Gasteiger partial charge in [-0.1, -0.05) is 43.2 Å². The lowest BCUT2D eigenvalue weighted by Crippen LogP contribution is -2.36. The van der Waals surface area contributed by atoms with Crippen molar-refractivity contribution in [2.24, 2.45) is 0 Å². The van der Waals surface area contributed by atoms with E-state index in [1.54, 1.807) is 11.3 Å². The number of benzene rings is 1. The van der Waals surface area contributed by atoms with Gasteiger partial charge in [0.2, 0.25) is 0 Å². The zero-order valence-corrected chi connectivity index (χ0v) is 15.8. The molecule has 0 aliphatic heterocycles. The SMILES string of the molecule is COC(=O)c1cc(Cc2ccccc2)sc1NC(=S)NC1CCCC1. The molecule has 4 nitrogen and oxygen atoms in total. The molecule has 0 saturated heterocycles. The molecule has 132 valence electrons. The quantitative estimate of drug-likeness (QED) is 0.602. The average molecular weight is 375 g/mol. The van der Waals surface area contributed by atoms with Crippen molar-refractivity contribution in [2.75, 3.05) is 12.4 Å². The van der Waals surface area contributed by atoms with Crippen LogP contribution >= 0.6 is 23.6 Å². The second-order valence-electron chi connectivity index (χ2n) is 6.19. The number of carbonyl (C=O) groups is 1. The average Bonchev–Trinajstić information content (AvgIpc) is 3.25. The highest BCUT2D eigenvalue weighted by atomic mass is 32.1. The van der Waals surface area contributed by atoms with Crippen LogP contribution < -0.4 is 10.6 Å². The number of rotatable bonds is 5. The molecule has 0 unspecified atom stereocenters. The summed E-state index contributed by atoms with van der Waals surface area (Å²) in [6.07, 6.45) is 5.56. The third kappa shape index (κ3) is 4.80. The van der Waals surface area contributed by atoms with Gasteiger partial charge in [0.05, 0.1) is 12.7 Å². The fourth-order valence-corrected chi connectivity index (χ4v) is 4.49. The summed E-state index contributed by atoms with van der Waals surface area (Å²) >= 11 is 6.97. The van der Waals surface area contributed by atoms with Crippen LogP contribution in [-0.4, -0.2) is 24.2 Å². The van der Waals surface area contributed by atoms with Crippen LogP contribution in [-0.2, 0) is 11.2 Å². The van der Waals surface area contributed by atoms with E-state index in [0.29, 0.717) is 16.7 Å². The molecule has 0 spiro atoms. The second kappa shape index (κ2) is 8.45. The molecule has 1 aliphatic rings. The number of hydrogen-bond acceptors (Lipinski definition) is 4. The summed E-state index contributed by atoms with van der Waals surface area (Å²) in [6.45, 7) is 0. The van der Waals surface area contributed by atoms with Gasteiger partial charge in [-0.2, -0.15) is 0 Å². The van der Waals surface area contributed by atoms with Gasteiger partial charge in [0.15, 0.2) is 5.11 Å². The molecule has 3 rings (SSSR count). The monoisotopic (exact) mass is 374 g/mol. The van der Waals surface area contributed by atoms with Crippen LogP contribution in [0, 0.1) is 0 Å². The first-order chi connectivity index (χ1) is 12.2. The summed E-state index contributed by atoms with van der Waals surface area (Å²) in [4.78, 5) is 13.2. The molecule has 6 heteroatoms. The van der Waals surface area contributed by atoms with Gasteiger partial charge in [-0.15, -0.1) is 11.3 Å². The first-order valence-corrected chi connectivity index (χ1v) is 9.70. The lowest BCUT2D eigenvalue weighted by atomic mass is 10.1. The molecular weight excluding hydrogens is 352 g/mol. The van der Waals surface area contributed by atoms with Gasteiger partial charge in [0.1, 0.15) is 5.00 Å².